The first-order valence-corrected chi connectivity index (χ1v) is 8.76. The molecular weight excluding hydrogens is 370 g/mol. The van der Waals surface area contributed by atoms with Gasteiger partial charge in [0.25, 0.3) is 5.69 Å². The number of nitro benzene ring substituents is 1. The third-order valence-corrected chi connectivity index (χ3v) is 4.75. The zero-order chi connectivity index (χ0) is 19.7. The van der Waals surface area contributed by atoms with Gasteiger partial charge in [-0.2, -0.15) is 0 Å². The Hall–Kier alpha value is -2.93. The van der Waals surface area contributed by atoms with Gasteiger partial charge in [-0.3, -0.25) is 19.7 Å². The number of rotatable bonds is 4. The van der Waals surface area contributed by atoms with E-state index in [1.165, 1.54) is 18.2 Å². The third kappa shape index (κ3) is 4.09. The molecule has 2 amide bonds. The second kappa shape index (κ2) is 7.36. The number of nitro groups is 1. The topological polar surface area (TPSA) is 92.6 Å². The summed E-state index contributed by atoms with van der Waals surface area (Å²) in [6.45, 7) is 4.19. The molecule has 3 rings (SSSR count). The molecule has 1 aliphatic heterocycles. The summed E-state index contributed by atoms with van der Waals surface area (Å²) in [4.78, 5) is 36.8. The molecule has 2 aromatic rings. The van der Waals surface area contributed by atoms with Crippen molar-refractivity contribution < 1.29 is 14.5 Å². The number of nitrogens with one attached hydrogen (secondary N) is 1. The van der Waals surface area contributed by atoms with E-state index in [-0.39, 0.29) is 41.2 Å². The van der Waals surface area contributed by atoms with Crippen molar-refractivity contribution in [2.24, 2.45) is 5.92 Å². The quantitative estimate of drug-likeness (QED) is 0.636. The molecule has 1 unspecified atom stereocenters. The monoisotopic (exact) mass is 387 g/mol. The Bertz CT molecular complexity index is 924. The maximum atomic E-state index is 12.6. The maximum absolute atomic E-state index is 12.6. The van der Waals surface area contributed by atoms with E-state index in [0.717, 1.165) is 16.8 Å². The molecule has 1 saturated heterocycles. The molecule has 2 aromatic carbocycles. The van der Waals surface area contributed by atoms with E-state index in [2.05, 4.69) is 5.32 Å². The van der Waals surface area contributed by atoms with Crippen LogP contribution in [0.15, 0.2) is 36.4 Å². The van der Waals surface area contributed by atoms with E-state index in [1.807, 2.05) is 32.0 Å². The Morgan fingerprint density at radius 1 is 1.22 bits per heavy atom. The molecule has 1 aliphatic rings. The number of carbonyl (C=O) groups excluding carboxylic acids is 2. The van der Waals surface area contributed by atoms with E-state index < -0.39 is 10.8 Å². The molecular formula is C19H18ClN3O4. The summed E-state index contributed by atoms with van der Waals surface area (Å²) < 4.78 is 0. The smallest absolute Gasteiger partial charge is 0.271 e. The summed E-state index contributed by atoms with van der Waals surface area (Å²) in [5, 5.41) is 13.5. The highest BCUT2D eigenvalue weighted by Gasteiger charge is 2.35. The number of hydrogen-bond acceptors (Lipinski definition) is 4. The van der Waals surface area contributed by atoms with Crippen molar-refractivity contribution in [1.29, 1.82) is 0 Å². The summed E-state index contributed by atoms with van der Waals surface area (Å²) in [6.07, 6.45) is 0.101. The molecule has 1 atom stereocenters. The van der Waals surface area contributed by atoms with E-state index in [4.69, 9.17) is 11.6 Å². The van der Waals surface area contributed by atoms with E-state index >= 15 is 0 Å². The number of non-ortho nitro benzene ring substituents is 1. The predicted octanol–water partition coefficient (Wildman–Crippen LogP) is 3.86. The zero-order valence-corrected chi connectivity index (χ0v) is 15.6. The molecule has 0 saturated carbocycles. The Labute approximate surface area is 161 Å². The van der Waals surface area contributed by atoms with Gasteiger partial charge in [0.1, 0.15) is 0 Å². The summed E-state index contributed by atoms with van der Waals surface area (Å²) in [5.74, 6) is -0.981. The largest absolute Gasteiger partial charge is 0.324 e. The third-order valence-electron chi connectivity index (χ3n) is 4.44. The fourth-order valence-electron chi connectivity index (χ4n) is 3.19. The van der Waals surface area contributed by atoms with Crippen LogP contribution in [0.2, 0.25) is 5.02 Å². The number of halogens is 1. The van der Waals surface area contributed by atoms with Gasteiger partial charge in [0.2, 0.25) is 11.8 Å². The molecule has 27 heavy (non-hydrogen) atoms. The average Bonchev–Trinajstić information content (AvgIpc) is 2.97. The number of nitrogens with zero attached hydrogens (tertiary/aromatic N) is 2. The van der Waals surface area contributed by atoms with Crippen LogP contribution in [-0.4, -0.2) is 23.3 Å². The molecule has 0 bridgehead atoms. The Morgan fingerprint density at radius 2 is 1.89 bits per heavy atom. The summed E-state index contributed by atoms with van der Waals surface area (Å²) >= 11 is 6.02. The number of benzene rings is 2. The van der Waals surface area contributed by atoms with E-state index in [0.29, 0.717) is 0 Å². The van der Waals surface area contributed by atoms with Gasteiger partial charge in [0.05, 0.1) is 21.6 Å². The van der Waals surface area contributed by atoms with Crippen molar-refractivity contribution in [1.82, 2.24) is 0 Å². The molecule has 1 fully saturated rings. The second-order valence-corrected chi connectivity index (χ2v) is 7.07. The summed E-state index contributed by atoms with van der Waals surface area (Å²) in [6, 6.07) is 9.68. The van der Waals surface area contributed by atoms with Gasteiger partial charge in [0.15, 0.2) is 0 Å². The van der Waals surface area contributed by atoms with Crippen molar-refractivity contribution in [3.8, 4) is 0 Å². The minimum absolute atomic E-state index is 0.0769. The normalized spacial score (nSPS) is 16.5. The molecule has 0 spiro atoms. The highest BCUT2D eigenvalue weighted by atomic mass is 35.5. The molecule has 0 radical (unpaired) electrons. The lowest BCUT2D eigenvalue weighted by Crippen LogP contribution is -2.28. The lowest BCUT2D eigenvalue weighted by atomic mass is 10.1. The van der Waals surface area contributed by atoms with Crippen LogP contribution in [0, 0.1) is 29.9 Å². The fourth-order valence-corrected chi connectivity index (χ4v) is 3.42. The van der Waals surface area contributed by atoms with Gasteiger partial charge < -0.3 is 10.2 Å². The standard InChI is InChI=1S/C19H18ClN3O4/c1-11-5-12(2)7-15(6-11)22-10-13(8-18(22)24)19(25)21-17-4-3-14(23(26)27)9-16(17)20/h3-7,9,13H,8,10H2,1-2H3,(H,21,25). The first-order chi connectivity index (χ1) is 12.7. The van der Waals surface area contributed by atoms with Crippen LogP contribution in [0.4, 0.5) is 17.1 Å². The number of carbonyl (C=O) groups is 2. The van der Waals surface area contributed by atoms with Gasteiger partial charge in [-0.1, -0.05) is 17.7 Å². The summed E-state index contributed by atoms with van der Waals surface area (Å²) in [5.41, 5.74) is 2.99. The molecule has 0 aromatic heterocycles. The van der Waals surface area contributed by atoms with Crippen molar-refractivity contribution in [2.45, 2.75) is 20.3 Å². The van der Waals surface area contributed by atoms with Crippen LogP contribution in [0.3, 0.4) is 0 Å². The maximum Gasteiger partial charge on any atom is 0.271 e. The first-order valence-electron chi connectivity index (χ1n) is 8.38. The summed E-state index contributed by atoms with van der Waals surface area (Å²) in [7, 11) is 0. The SMILES string of the molecule is Cc1cc(C)cc(N2CC(C(=O)Nc3ccc([N+](=O)[O-])cc3Cl)CC2=O)c1. The van der Waals surface area contributed by atoms with Crippen LogP contribution in [-0.2, 0) is 9.59 Å². The fraction of sp³-hybridized carbons (Fsp3) is 0.263. The van der Waals surface area contributed by atoms with Gasteiger partial charge >= 0.3 is 0 Å². The van der Waals surface area contributed by atoms with Crippen molar-refractivity contribution in [2.75, 3.05) is 16.8 Å². The number of aryl methyl sites for hydroxylation is 2. The average molecular weight is 388 g/mol. The van der Waals surface area contributed by atoms with E-state index in [1.54, 1.807) is 4.90 Å². The molecule has 1 heterocycles. The number of anilines is 2. The molecule has 7 nitrogen and oxygen atoms in total. The second-order valence-electron chi connectivity index (χ2n) is 6.66. The minimum atomic E-state index is -0.561. The number of hydrogen-bond donors (Lipinski definition) is 1. The van der Waals surface area contributed by atoms with Crippen LogP contribution in [0.1, 0.15) is 17.5 Å². The van der Waals surface area contributed by atoms with Gasteiger partial charge in [0, 0.05) is 30.8 Å². The van der Waals surface area contributed by atoms with Gasteiger partial charge in [-0.05, 0) is 43.2 Å². The highest BCUT2D eigenvalue weighted by Crippen LogP contribution is 2.30. The highest BCUT2D eigenvalue weighted by molar-refractivity contribution is 6.34. The van der Waals surface area contributed by atoms with Crippen molar-refractivity contribution in [3.63, 3.8) is 0 Å². The van der Waals surface area contributed by atoms with Crippen LogP contribution in [0.5, 0.6) is 0 Å². The Morgan fingerprint density at radius 3 is 2.48 bits per heavy atom. The van der Waals surface area contributed by atoms with Gasteiger partial charge in [-0.25, -0.2) is 0 Å². The zero-order valence-electron chi connectivity index (χ0n) is 14.9. The van der Waals surface area contributed by atoms with Crippen LogP contribution < -0.4 is 10.2 Å². The van der Waals surface area contributed by atoms with E-state index in [9.17, 15) is 19.7 Å². The Kier molecular flexibility index (Phi) is 5.14. The molecule has 1 N–H and O–H groups in total. The first kappa shape index (κ1) is 18.8. The lowest BCUT2D eigenvalue weighted by molar-refractivity contribution is -0.384. The van der Waals surface area contributed by atoms with Crippen molar-refractivity contribution >= 4 is 40.5 Å². The Balaban J connectivity index is 1.73. The molecule has 0 aliphatic carbocycles. The predicted molar refractivity (Wildman–Crippen MR) is 103 cm³/mol. The van der Waals surface area contributed by atoms with Crippen LogP contribution >= 0.6 is 11.6 Å². The lowest BCUT2D eigenvalue weighted by Gasteiger charge is -2.18. The van der Waals surface area contributed by atoms with Crippen LogP contribution in [0.25, 0.3) is 0 Å². The number of amides is 2. The van der Waals surface area contributed by atoms with Crippen molar-refractivity contribution in [3.05, 3.63) is 62.7 Å². The molecule has 8 heteroatoms. The minimum Gasteiger partial charge on any atom is -0.324 e. The molecule has 140 valence electrons. The van der Waals surface area contributed by atoms with Gasteiger partial charge in [-0.15, -0.1) is 0 Å².